The summed E-state index contributed by atoms with van der Waals surface area (Å²) < 4.78 is 5.27. The molecule has 0 aliphatic rings. The summed E-state index contributed by atoms with van der Waals surface area (Å²) in [5.74, 6) is -0.912. The Balaban J connectivity index is 1.85. The molecule has 4 nitrogen and oxygen atoms in total. The van der Waals surface area contributed by atoms with Crippen molar-refractivity contribution in [2.45, 2.75) is 32.6 Å². The molecule has 0 radical (unpaired) electrons. The summed E-state index contributed by atoms with van der Waals surface area (Å²) in [6.45, 7) is 6.14. The Morgan fingerprint density at radius 2 is 1.59 bits per heavy atom. The van der Waals surface area contributed by atoms with E-state index in [0.717, 1.165) is 11.1 Å². The van der Waals surface area contributed by atoms with Crippen LogP contribution in [0.25, 0.3) is 0 Å². The normalized spacial score (nSPS) is 13.1. The molecule has 1 N–H and O–H groups in total. The molecule has 0 aliphatic heterocycles. The van der Waals surface area contributed by atoms with Gasteiger partial charge in [-0.25, -0.2) is 0 Å². The van der Waals surface area contributed by atoms with Gasteiger partial charge in [0.1, 0.15) is 0 Å². The van der Waals surface area contributed by atoms with Crippen molar-refractivity contribution in [3.8, 4) is 0 Å². The molecule has 0 unspecified atom stereocenters. The monoisotopic (exact) mass is 387 g/mol. The molecule has 0 aromatic heterocycles. The molecule has 144 valence electrons. The average molecular weight is 388 g/mol. The van der Waals surface area contributed by atoms with Crippen LogP contribution >= 0.6 is 11.6 Å². The van der Waals surface area contributed by atoms with E-state index >= 15 is 0 Å². The Hall–Kier alpha value is -2.33. The maximum absolute atomic E-state index is 12.5. The van der Waals surface area contributed by atoms with Crippen LogP contribution in [0.4, 0.5) is 0 Å². The summed E-state index contributed by atoms with van der Waals surface area (Å²) >= 11 is 5.91. The predicted molar refractivity (Wildman–Crippen MR) is 108 cm³/mol. The van der Waals surface area contributed by atoms with Crippen LogP contribution < -0.4 is 5.32 Å². The third-order valence-corrected chi connectivity index (χ3v) is 4.72. The maximum atomic E-state index is 12.5. The molecule has 2 rings (SSSR count). The third kappa shape index (κ3) is 6.40. The topological polar surface area (TPSA) is 55.4 Å². The first-order chi connectivity index (χ1) is 12.9. The number of rotatable bonds is 8. The summed E-state index contributed by atoms with van der Waals surface area (Å²) in [5.41, 5.74) is 1.98. The summed E-state index contributed by atoms with van der Waals surface area (Å²) in [7, 11) is 0. The number of amides is 1. The second kappa shape index (κ2) is 10.1. The lowest BCUT2D eigenvalue weighted by molar-refractivity contribution is -0.151. The lowest BCUT2D eigenvalue weighted by Gasteiger charge is -2.20. The lowest BCUT2D eigenvalue weighted by Crippen LogP contribution is -2.33. The van der Waals surface area contributed by atoms with Crippen LogP contribution in [0.5, 0.6) is 0 Å². The summed E-state index contributed by atoms with van der Waals surface area (Å²) in [6.07, 6.45) is 0. The van der Waals surface area contributed by atoms with E-state index in [9.17, 15) is 9.59 Å². The molecule has 0 saturated heterocycles. The first-order valence-corrected chi connectivity index (χ1v) is 9.50. The first kappa shape index (κ1) is 21.0. The zero-order valence-corrected chi connectivity index (χ0v) is 16.7. The number of ether oxygens (including phenoxy) is 1. The van der Waals surface area contributed by atoms with E-state index in [-0.39, 0.29) is 24.3 Å². The molecular weight excluding hydrogens is 362 g/mol. The van der Waals surface area contributed by atoms with Gasteiger partial charge in [-0.15, -0.1) is 0 Å². The van der Waals surface area contributed by atoms with Crippen molar-refractivity contribution in [3.63, 3.8) is 0 Å². The Kier molecular flexibility index (Phi) is 7.86. The van der Waals surface area contributed by atoms with Gasteiger partial charge in [0.25, 0.3) is 5.91 Å². The van der Waals surface area contributed by atoms with Gasteiger partial charge in [0.05, 0.1) is 5.92 Å². The van der Waals surface area contributed by atoms with E-state index in [1.807, 2.05) is 63.2 Å². The molecule has 27 heavy (non-hydrogen) atoms. The van der Waals surface area contributed by atoms with Gasteiger partial charge in [-0.3, -0.25) is 9.59 Å². The second-order valence-electron chi connectivity index (χ2n) is 7.00. The predicted octanol–water partition coefficient (Wildman–Crippen LogP) is 4.54. The van der Waals surface area contributed by atoms with Crippen molar-refractivity contribution in [3.05, 3.63) is 70.7 Å². The van der Waals surface area contributed by atoms with Gasteiger partial charge < -0.3 is 10.1 Å². The fourth-order valence-corrected chi connectivity index (χ4v) is 3.03. The van der Waals surface area contributed by atoms with Crippen LogP contribution in [-0.2, 0) is 14.3 Å². The van der Waals surface area contributed by atoms with Crippen LogP contribution in [0.3, 0.4) is 0 Å². The van der Waals surface area contributed by atoms with E-state index in [4.69, 9.17) is 16.3 Å². The number of benzene rings is 2. The van der Waals surface area contributed by atoms with Gasteiger partial charge in [0.15, 0.2) is 6.61 Å². The minimum Gasteiger partial charge on any atom is -0.455 e. The van der Waals surface area contributed by atoms with Crippen molar-refractivity contribution in [2.24, 2.45) is 5.92 Å². The van der Waals surface area contributed by atoms with E-state index in [0.29, 0.717) is 11.6 Å². The van der Waals surface area contributed by atoms with Crippen LogP contribution in [0, 0.1) is 5.92 Å². The van der Waals surface area contributed by atoms with E-state index < -0.39 is 11.9 Å². The SMILES string of the molecule is CC(C)[C@@H](C(=O)OCC(=O)NC[C@@H](C)c1ccccc1)c1ccc(Cl)cc1. The first-order valence-electron chi connectivity index (χ1n) is 9.12. The number of carbonyl (C=O) groups excluding carboxylic acids is 2. The van der Waals surface area contributed by atoms with E-state index in [1.54, 1.807) is 12.1 Å². The van der Waals surface area contributed by atoms with E-state index in [2.05, 4.69) is 5.32 Å². The molecule has 0 heterocycles. The van der Waals surface area contributed by atoms with Gasteiger partial charge in [-0.05, 0) is 35.1 Å². The highest BCUT2D eigenvalue weighted by Crippen LogP contribution is 2.27. The van der Waals surface area contributed by atoms with Crippen molar-refractivity contribution in [1.82, 2.24) is 5.32 Å². The fourth-order valence-electron chi connectivity index (χ4n) is 2.91. The van der Waals surface area contributed by atoms with Gasteiger partial charge in [0, 0.05) is 11.6 Å². The zero-order valence-electron chi connectivity index (χ0n) is 15.9. The highest BCUT2D eigenvalue weighted by atomic mass is 35.5. The molecule has 0 fully saturated rings. The standard InChI is InChI=1S/C22H26ClNO3/c1-15(2)21(18-9-11-19(23)12-10-18)22(26)27-14-20(25)24-13-16(3)17-7-5-4-6-8-17/h4-12,15-16,21H,13-14H2,1-3H3,(H,24,25)/t16-,21-/m1/s1. The maximum Gasteiger partial charge on any atom is 0.314 e. The largest absolute Gasteiger partial charge is 0.455 e. The molecule has 2 aromatic rings. The zero-order chi connectivity index (χ0) is 19.8. The molecule has 0 saturated carbocycles. The summed E-state index contributed by atoms with van der Waals surface area (Å²) in [6, 6.07) is 17.1. The smallest absolute Gasteiger partial charge is 0.314 e. The molecule has 0 bridgehead atoms. The minimum absolute atomic E-state index is 0.0415. The quantitative estimate of drug-likeness (QED) is 0.676. The Bertz CT molecular complexity index is 744. The van der Waals surface area contributed by atoms with Crippen molar-refractivity contribution < 1.29 is 14.3 Å². The van der Waals surface area contributed by atoms with Gasteiger partial charge >= 0.3 is 5.97 Å². The van der Waals surface area contributed by atoms with Crippen molar-refractivity contribution in [2.75, 3.05) is 13.2 Å². The molecular formula is C22H26ClNO3. The summed E-state index contributed by atoms with van der Waals surface area (Å²) in [5, 5.41) is 3.43. The Labute approximate surface area is 165 Å². The number of halogens is 1. The Morgan fingerprint density at radius 1 is 0.963 bits per heavy atom. The Morgan fingerprint density at radius 3 is 2.19 bits per heavy atom. The minimum atomic E-state index is -0.432. The third-order valence-electron chi connectivity index (χ3n) is 4.47. The number of nitrogens with one attached hydrogen (secondary N) is 1. The van der Waals surface area contributed by atoms with Crippen molar-refractivity contribution >= 4 is 23.5 Å². The highest BCUT2D eigenvalue weighted by molar-refractivity contribution is 6.30. The van der Waals surface area contributed by atoms with Crippen molar-refractivity contribution in [1.29, 1.82) is 0 Å². The van der Waals surface area contributed by atoms with Gasteiger partial charge in [-0.1, -0.05) is 74.8 Å². The number of esters is 1. The van der Waals surface area contributed by atoms with Gasteiger partial charge in [-0.2, -0.15) is 0 Å². The fraction of sp³-hybridized carbons (Fsp3) is 0.364. The van der Waals surface area contributed by atoms with E-state index in [1.165, 1.54) is 0 Å². The summed E-state index contributed by atoms with van der Waals surface area (Å²) in [4.78, 5) is 24.6. The lowest BCUT2D eigenvalue weighted by atomic mass is 9.88. The molecule has 0 aliphatic carbocycles. The molecule has 0 spiro atoms. The van der Waals surface area contributed by atoms with Crippen LogP contribution in [0.2, 0.25) is 5.02 Å². The van der Waals surface area contributed by atoms with Crippen LogP contribution in [0.15, 0.2) is 54.6 Å². The number of hydrogen-bond donors (Lipinski definition) is 1. The molecule has 1 amide bonds. The molecule has 2 atom stereocenters. The highest BCUT2D eigenvalue weighted by Gasteiger charge is 2.26. The number of carbonyl (C=O) groups is 2. The van der Waals surface area contributed by atoms with Crippen LogP contribution in [-0.4, -0.2) is 25.0 Å². The second-order valence-corrected chi connectivity index (χ2v) is 7.43. The van der Waals surface area contributed by atoms with Gasteiger partial charge in [0.2, 0.25) is 0 Å². The average Bonchev–Trinajstić information content (AvgIpc) is 2.66. The molecule has 5 heteroatoms. The number of hydrogen-bond acceptors (Lipinski definition) is 3. The molecule has 2 aromatic carbocycles. The van der Waals surface area contributed by atoms with Crippen LogP contribution in [0.1, 0.15) is 43.7 Å².